The van der Waals surface area contributed by atoms with Crippen LogP contribution in [0.1, 0.15) is 83.1 Å². The van der Waals surface area contributed by atoms with Gasteiger partial charge in [0.2, 0.25) is 12.4 Å². The van der Waals surface area contributed by atoms with Crippen molar-refractivity contribution in [1.82, 2.24) is 0 Å². The topological polar surface area (TPSA) is 135 Å². The fourth-order valence-electron chi connectivity index (χ4n) is 2.67. The molecule has 208 valence electrons. The van der Waals surface area contributed by atoms with Gasteiger partial charge in [-0.3, -0.25) is 19.2 Å². The first-order valence-corrected chi connectivity index (χ1v) is 12.1. The monoisotopic (exact) mass is 516 g/mol. The second-order valence-corrected chi connectivity index (χ2v) is 13.3. The third kappa shape index (κ3) is 8.73. The van der Waals surface area contributed by atoms with Gasteiger partial charge in [-0.15, -0.1) is 0 Å². The van der Waals surface area contributed by atoms with Crippen molar-refractivity contribution in [2.75, 3.05) is 6.61 Å². The van der Waals surface area contributed by atoms with Crippen molar-refractivity contribution in [1.29, 1.82) is 0 Å². The van der Waals surface area contributed by atoms with Gasteiger partial charge in [0, 0.05) is 0 Å². The normalized spacial score (nSPS) is 24.0. The van der Waals surface area contributed by atoms with Crippen LogP contribution in [-0.4, -0.2) is 66.3 Å². The van der Waals surface area contributed by atoms with Crippen molar-refractivity contribution in [3.63, 3.8) is 0 Å². The van der Waals surface area contributed by atoms with Gasteiger partial charge in [0.25, 0.3) is 0 Å². The third-order valence-corrected chi connectivity index (χ3v) is 5.13. The van der Waals surface area contributed by atoms with Crippen molar-refractivity contribution < 1.29 is 48.0 Å². The van der Waals surface area contributed by atoms with Gasteiger partial charge < -0.3 is 28.8 Å². The SMILES string of the molecule is CC(C)(C)C(=O)OC[C@H](O)[C@@H]1O[C@@H](OC(=O)C(C)(C)C)[C@H](OC(=O)C(C)(C)C)[C@H]1OC(=O)C(C)(C)C. The predicted molar refractivity (Wildman–Crippen MR) is 129 cm³/mol. The summed E-state index contributed by atoms with van der Waals surface area (Å²) >= 11 is 0. The van der Waals surface area contributed by atoms with Crippen LogP contribution in [-0.2, 0) is 42.9 Å². The van der Waals surface area contributed by atoms with Crippen LogP contribution in [0.5, 0.6) is 0 Å². The molecule has 0 aromatic heterocycles. The highest BCUT2D eigenvalue weighted by Crippen LogP contribution is 2.34. The van der Waals surface area contributed by atoms with Crippen LogP contribution in [0.4, 0.5) is 0 Å². The summed E-state index contributed by atoms with van der Waals surface area (Å²) in [5, 5.41) is 10.9. The molecule has 1 fully saturated rings. The van der Waals surface area contributed by atoms with Crippen LogP contribution in [0.2, 0.25) is 0 Å². The maximum atomic E-state index is 12.8. The summed E-state index contributed by atoms with van der Waals surface area (Å²) < 4.78 is 27.9. The van der Waals surface area contributed by atoms with E-state index in [1.165, 1.54) is 0 Å². The number of hydrogen-bond acceptors (Lipinski definition) is 10. The van der Waals surface area contributed by atoms with Gasteiger partial charge in [0.1, 0.15) is 18.8 Å². The standard InChI is InChI=1S/C26H44O10/c1-23(2,3)19(28)32-13-14(27)15-16(34-20(29)24(4,5)6)17(35-21(30)25(7,8)9)18(33-15)36-22(31)26(10,11)12/h14-18,27H,13H2,1-12H3/t14-,15-,16-,17+,18-/m0/s1. The van der Waals surface area contributed by atoms with Gasteiger partial charge in [-0.25, -0.2) is 0 Å². The Bertz CT molecular complexity index is 820. The molecule has 1 heterocycles. The smallest absolute Gasteiger partial charge is 0.313 e. The Hall–Kier alpha value is -2.20. The second kappa shape index (κ2) is 11.0. The number of ether oxygens (including phenoxy) is 5. The lowest BCUT2D eigenvalue weighted by atomic mass is 9.96. The number of aliphatic hydroxyl groups excluding tert-OH is 1. The lowest BCUT2D eigenvalue weighted by Gasteiger charge is -2.30. The van der Waals surface area contributed by atoms with Gasteiger partial charge >= 0.3 is 23.9 Å². The molecule has 1 aliphatic rings. The minimum absolute atomic E-state index is 0.482. The zero-order chi connectivity index (χ0) is 28.4. The molecular weight excluding hydrogens is 472 g/mol. The van der Waals surface area contributed by atoms with E-state index in [4.69, 9.17) is 23.7 Å². The molecule has 0 aromatic carbocycles. The van der Waals surface area contributed by atoms with E-state index in [0.717, 1.165) is 0 Å². The molecule has 0 amide bonds. The average molecular weight is 517 g/mol. The number of hydrogen-bond donors (Lipinski definition) is 1. The third-order valence-electron chi connectivity index (χ3n) is 5.13. The van der Waals surface area contributed by atoms with Crippen LogP contribution >= 0.6 is 0 Å². The number of carbonyl (C=O) groups is 4. The molecule has 0 radical (unpaired) electrons. The number of rotatable bonds is 6. The lowest BCUT2D eigenvalue weighted by molar-refractivity contribution is -0.210. The zero-order valence-electron chi connectivity index (χ0n) is 23.7. The van der Waals surface area contributed by atoms with Gasteiger partial charge in [0.05, 0.1) is 21.7 Å². The summed E-state index contributed by atoms with van der Waals surface area (Å²) in [6.45, 7) is 19.2. The molecule has 1 rings (SSSR count). The highest BCUT2D eigenvalue weighted by Gasteiger charge is 2.56. The van der Waals surface area contributed by atoms with E-state index in [-0.39, 0.29) is 0 Å². The zero-order valence-corrected chi connectivity index (χ0v) is 23.7. The predicted octanol–water partition coefficient (Wildman–Crippen LogP) is 3.17. The molecule has 36 heavy (non-hydrogen) atoms. The maximum Gasteiger partial charge on any atom is 0.313 e. The van der Waals surface area contributed by atoms with Crippen LogP contribution in [0, 0.1) is 21.7 Å². The van der Waals surface area contributed by atoms with Crippen molar-refractivity contribution in [3.8, 4) is 0 Å². The summed E-state index contributed by atoms with van der Waals surface area (Å²) in [5.74, 6) is -2.52. The van der Waals surface area contributed by atoms with Crippen LogP contribution in [0.25, 0.3) is 0 Å². The summed E-state index contributed by atoms with van der Waals surface area (Å²) in [6, 6.07) is 0. The summed E-state index contributed by atoms with van der Waals surface area (Å²) in [7, 11) is 0. The highest BCUT2D eigenvalue weighted by molar-refractivity contribution is 5.78. The lowest BCUT2D eigenvalue weighted by Crippen LogP contribution is -2.48. The van der Waals surface area contributed by atoms with E-state index >= 15 is 0 Å². The Morgan fingerprint density at radius 1 is 0.639 bits per heavy atom. The second-order valence-electron chi connectivity index (χ2n) is 13.3. The molecule has 0 unspecified atom stereocenters. The molecular formula is C26H44O10. The van der Waals surface area contributed by atoms with E-state index in [1.54, 1.807) is 83.1 Å². The van der Waals surface area contributed by atoms with E-state index in [1.807, 2.05) is 0 Å². The van der Waals surface area contributed by atoms with Crippen LogP contribution in [0.3, 0.4) is 0 Å². The fourth-order valence-corrected chi connectivity index (χ4v) is 2.67. The number of esters is 4. The molecule has 1 aliphatic heterocycles. The molecule has 0 aromatic rings. The highest BCUT2D eigenvalue weighted by atomic mass is 16.8. The minimum Gasteiger partial charge on any atom is -0.462 e. The molecule has 0 aliphatic carbocycles. The van der Waals surface area contributed by atoms with Gasteiger partial charge in [-0.2, -0.15) is 0 Å². The quantitative estimate of drug-likeness (QED) is 0.414. The molecule has 0 bridgehead atoms. The molecule has 0 spiro atoms. The van der Waals surface area contributed by atoms with E-state index in [9.17, 15) is 24.3 Å². The Morgan fingerprint density at radius 3 is 1.39 bits per heavy atom. The minimum atomic E-state index is -1.48. The van der Waals surface area contributed by atoms with E-state index < -0.39 is 82.8 Å². The Labute approximate surface area is 214 Å². The number of aliphatic hydroxyl groups is 1. The first kappa shape index (κ1) is 31.8. The Kier molecular flexibility index (Phi) is 9.77. The molecule has 10 heteroatoms. The molecule has 10 nitrogen and oxygen atoms in total. The molecule has 1 N–H and O–H groups in total. The number of carbonyl (C=O) groups excluding carboxylic acids is 4. The summed E-state index contributed by atoms with van der Waals surface area (Å²) in [4.78, 5) is 50.5. The van der Waals surface area contributed by atoms with Crippen molar-refractivity contribution >= 4 is 23.9 Å². The Morgan fingerprint density at radius 2 is 1.00 bits per heavy atom. The van der Waals surface area contributed by atoms with Crippen molar-refractivity contribution in [2.45, 2.75) is 114 Å². The van der Waals surface area contributed by atoms with Gasteiger partial charge in [0.15, 0.2) is 6.10 Å². The molecule has 5 atom stereocenters. The van der Waals surface area contributed by atoms with Gasteiger partial charge in [-0.1, -0.05) is 0 Å². The largest absolute Gasteiger partial charge is 0.462 e. The fraction of sp³-hybridized carbons (Fsp3) is 0.846. The molecule has 0 saturated carbocycles. The van der Waals surface area contributed by atoms with E-state index in [0.29, 0.717) is 0 Å². The first-order chi connectivity index (χ1) is 16.0. The summed E-state index contributed by atoms with van der Waals surface area (Å²) in [5.41, 5.74) is -3.61. The average Bonchev–Trinajstić information content (AvgIpc) is 2.99. The molecule has 1 saturated heterocycles. The van der Waals surface area contributed by atoms with Gasteiger partial charge in [-0.05, 0) is 83.1 Å². The summed E-state index contributed by atoms with van der Waals surface area (Å²) in [6.07, 6.45) is -6.99. The first-order valence-electron chi connectivity index (χ1n) is 12.1. The van der Waals surface area contributed by atoms with E-state index in [2.05, 4.69) is 0 Å². The maximum absolute atomic E-state index is 12.8. The Balaban J connectivity index is 3.39. The van der Waals surface area contributed by atoms with Crippen LogP contribution in [0.15, 0.2) is 0 Å². The van der Waals surface area contributed by atoms with Crippen molar-refractivity contribution in [2.24, 2.45) is 21.7 Å². The van der Waals surface area contributed by atoms with Crippen molar-refractivity contribution in [3.05, 3.63) is 0 Å². The van der Waals surface area contributed by atoms with Crippen LogP contribution < -0.4 is 0 Å².